The van der Waals surface area contributed by atoms with Gasteiger partial charge in [-0.1, -0.05) is 29.3 Å². The normalized spacial score (nSPS) is 16.7. The Morgan fingerprint density at radius 3 is 2.21 bits per heavy atom. The zero-order chi connectivity index (χ0) is 17.9. The Labute approximate surface area is 151 Å². The molecule has 0 N–H and O–H groups in total. The summed E-state index contributed by atoms with van der Waals surface area (Å²) in [6.45, 7) is 8.60. The van der Waals surface area contributed by atoms with Gasteiger partial charge < -0.3 is 9.64 Å². The molecule has 1 amide bonds. The van der Waals surface area contributed by atoms with Crippen LogP contribution in [0, 0.1) is 6.92 Å². The summed E-state index contributed by atoms with van der Waals surface area (Å²) in [5, 5.41) is 0. The molecule has 0 radical (unpaired) electrons. The molecule has 1 atom stereocenters. The number of carbonyl (C=O) groups excluding carboxylic acids is 1. The highest BCUT2D eigenvalue weighted by molar-refractivity contribution is 7.90. The van der Waals surface area contributed by atoms with Crippen LogP contribution in [0.15, 0.2) is 39.1 Å². The van der Waals surface area contributed by atoms with Crippen LogP contribution in [-0.2, 0) is 15.5 Å². The highest BCUT2D eigenvalue weighted by atomic mass is 35.5. The van der Waals surface area contributed by atoms with Crippen LogP contribution in [0.1, 0.15) is 39.2 Å². The van der Waals surface area contributed by atoms with E-state index in [1.165, 1.54) is 0 Å². The third kappa shape index (κ3) is 5.08. The molecule has 1 fully saturated rings. The Morgan fingerprint density at radius 2 is 1.71 bits per heavy atom. The van der Waals surface area contributed by atoms with Gasteiger partial charge in [0.1, 0.15) is 9.97 Å². The molecule has 0 saturated carbocycles. The molecular formula is C18H24ClNO3S. The van der Waals surface area contributed by atoms with Gasteiger partial charge in [0.25, 0.3) is 0 Å². The van der Waals surface area contributed by atoms with Crippen LogP contribution in [0.25, 0.3) is 0 Å². The highest BCUT2D eigenvalue weighted by Crippen LogP contribution is 2.28. The van der Waals surface area contributed by atoms with E-state index in [4.69, 9.17) is 16.3 Å². The number of carbonyl (C=O) groups is 1. The molecule has 1 aromatic carbocycles. The highest BCUT2D eigenvalue weighted by Gasteiger charge is 2.26. The standard InChI is InChI=1S/C18H24ClNO3S/c1-13-5-7-15(8-6-13)24(22)16(19)14-9-11-20(12-10-14)17(21)23-18(2,3)4/h5-8H,9-12H2,1-4H3. The van der Waals surface area contributed by atoms with Crippen molar-refractivity contribution < 1.29 is 13.7 Å². The second kappa shape index (κ2) is 7.70. The zero-order valence-electron chi connectivity index (χ0n) is 14.6. The molecule has 132 valence electrons. The first-order chi connectivity index (χ1) is 11.2. The van der Waals surface area contributed by atoms with E-state index in [2.05, 4.69) is 0 Å². The number of hydrogen-bond acceptors (Lipinski definition) is 3. The van der Waals surface area contributed by atoms with Crippen molar-refractivity contribution in [2.45, 2.75) is 51.0 Å². The molecule has 1 aliphatic heterocycles. The van der Waals surface area contributed by atoms with E-state index in [9.17, 15) is 9.00 Å². The summed E-state index contributed by atoms with van der Waals surface area (Å²) >= 11 is 6.36. The van der Waals surface area contributed by atoms with Gasteiger partial charge in [0.2, 0.25) is 0 Å². The summed E-state index contributed by atoms with van der Waals surface area (Å²) in [6, 6.07) is 7.52. The van der Waals surface area contributed by atoms with E-state index < -0.39 is 16.4 Å². The Balaban J connectivity index is 2.02. The molecule has 6 heteroatoms. The Bertz CT molecular complexity index is 652. The molecule has 24 heavy (non-hydrogen) atoms. The predicted molar refractivity (Wildman–Crippen MR) is 97.5 cm³/mol. The SMILES string of the molecule is Cc1ccc(S(=O)C(Cl)=C2CCN(C(=O)OC(C)(C)C)CC2)cc1. The first-order valence-corrected chi connectivity index (χ1v) is 9.54. The van der Waals surface area contributed by atoms with Gasteiger partial charge in [0.05, 0.1) is 10.8 Å². The lowest BCUT2D eigenvalue weighted by atomic mass is 10.1. The molecule has 0 aromatic heterocycles. The predicted octanol–water partition coefficient (Wildman–Crippen LogP) is 4.58. The zero-order valence-corrected chi connectivity index (χ0v) is 16.2. The summed E-state index contributed by atoms with van der Waals surface area (Å²) in [7, 11) is -1.36. The second-order valence-corrected chi connectivity index (χ2v) is 8.95. The minimum Gasteiger partial charge on any atom is -0.444 e. The van der Waals surface area contributed by atoms with Crippen molar-refractivity contribution in [2.24, 2.45) is 0 Å². The van der Waals surface area contributed by atoms with Gasteiger partial charge in [-0.25, -0.2) is 9.00 Å². The van der Waals surface area contributed by atoms with Crippen molar-refractivity contribution in [3.63, 3.8) is 0 Å². The summed E-state index contributed by atoms with van der Waals surface area (Å²) in [4.78, 5) is 14.4. The summed E-state index contributed by atoms with van der Waals surface area (Å²) in [6.07, 6.45) is 0.933. The van der Waals surface area contributed by atoms with Gasteiger partial charge in [0.15, 0.2) is 0 Å². The van der Waals surface area contributed by atoms with E-state index in [1.807, 2.05) is 52.0 Å². The number of piperidine rings is 1. The maximum atomic E-state index is 12.6. The van der Waals surface area contributed by atoms with Crippen LogP contribution in [0.2, 0.25) is 0 Å². The van der Waals surface area contributed by atoms with E-state index in [-0.39, 0.29) is 6.09 Å². The topological polar surface area (TPSA) is 46.6 Å². The van der Waals surface area contributed by atoms with Gasteiger partial charge in [-0.05, 0) is 58.2 Å². The number of halogens is 1. The van der Waals surface area contributed by atoms with Crippen molar-refractivity contribution in [2.75, 3.05) is 13.1 Å². The maximum absolute atomic E-state index is 12.6. The molecule has 1 saturated heterocycles. The Kier molecular flexibility index (Phi) is 6.10. The first kappa shape index (κ1) is 19.0. The fourth-order valence-electron chi connectivity index (χ4n) is 2.38. The van der Waals surface area contributed by atoms with Gasteiger partial charge in [0, 0.05) is 18.0 Å². The second-order valence-electron chi connectivity index (χ2n) is 6.93. The molecule has 1 unspecified atom stereocenters. The summed E-state index contributed by atoms with van der Waals surface area (Å²) in [5.41, 5.74) is 1.57. The van der Waals surface area contributed by atoms with Crippen molar-refractivity contribution in [3.8, 4) is 0 Å². The number of hydrogen-bond donors (Lipinski definition) is 0. The van der Waals surface area contributed by atoms with Crippen LogP contribution >= 0.6 is 11.6 Å². The Morgan fingerprint density at radius 1 is 1.17 bits per heavy atom. The molecule has 0 spiro atoms. The average Bonchev–Trinajstić information content (AvgIpc) is 2.53. The maximum Gasteiger partial charge on any atom is 0.410 e. The molecule has 0 bridgehead atoms. The molecule has 1 heterocycles. The molecule has 4 nitrogen and oxygen atoms in total. The molecule has 0 aliphatic carbocycles. The van der Waals surface area contributed by atoms with Crippen LogP contribution in [0.5, 0.6) is 0 Å². The van der Waals surface area contributed by atoms with Crippen LogP contribution in [0.4, 0.5) is 4.79 Å². The van der Waals surface area contributed by atoms with Crippen molar-refractivity contribution in [3.05, 3.63) is 39.8 Å². The summed E-state index contributed by atoms with van der Waals surface area (Å²) in [5.74, 6) is 0. The number of rotatable bonds is 2. The van der Waals surface area contributed by atoms with Gasteiger partial charge in [-0.15, -0.1) is 0 Å². The molecule has 1 aromatic rings. The van der Waals surface area contributed by atoms with E-state index in [0.29, 0.717) is 35.2 Å². The Hall–Kier alpha value is -1.33. The van der Waals surface area contributed by atoms with Gasteiger partial charge >= 0.3 is 6.09 Å². The minimum atomic E-state index is -1.36. The van der Waals surface area contributed by atoms with E-state index >= 15 is 0 Å². The number of ether oxygens (including phenoxy) is 1. The molecular weight excluding hydrogens is 346 g/mol. The van der Waals surface area contributed by atoms with E-state index in [1.54, 1.807) is 4.90 Å². The first-order valence-electron chi connectivity index (χ1n) is 8.01. The minimum absolute atomic E-state index is 0.308. The lowest BCUT2D eigenvalue weighted by molar-refractivity contribution is 0.0236. The largest absolute Gasteiger partial charge is 0.444 e. The number of amides is 1. The third-order valence-electron chi connectivity index (χ3n) is 3.69. The quantitative estimate of drug-likeness (QED) is 0.766. The van der Waals surface area contributed by atoms with Crippen molar-refractivity contribution in [1.29, 1.82) is 0 Å². The lowest BCUT2D eigenvalue weighted by Crippen LogP contribution is -2.40. The fourth-order valence-corrected chi connectivity index (χ4v) is 3.89. The fraction of sp³-hybridized carbons (Fsp3) is 0.500. The van der Waals surface area contributed by atoms with Crippen molar-refractivity contribution in [1.82, 2.24) is 4.90 Å². The number of benzene rings is 1. The van der Waals surface area contributed by atoms with Gasteiger partial charge in [-0.3, -0.25) is 0 Å². The average molecular weight is 370 g/mol. The summed E-state index contributed by atoms with van der Waals surface area (Å²) < 4.78 is 18.3. The van der Waals surface area contributed by atoms with Crippen molar-refractivity contribution >= 4 is 28.5 Å². The van der Waals surface area contributed by atoms with Crippen LogP contribution in [-0.4, -0.2) is 33.9 Å². The number of aryl methyl sites for hydroxylation is 1. The van der Waals surface area contributed by atoms with Gasteiger partial charge in [-0.2, -0.15) is 0 Å². The van der Waals surface area contributed by atoms with Crippen LogP contribution < -0.4 is 0 Å². The number of nitrogens with zero attached hydrogens (tertiary/aromatic N) is 1. The number of likely N-dealkylation sites (tertiary alicyclic amines) is 1. The smallest absolute Gasteiger partial charge is 0.410 e. The third-order valence-corrected chi connectivity index (χ3v) is 5.70. The lowest BCUT2D eigenvalue weighted by Gasteiger charge is -2.31. The van der Waals surface area contributed by atoms with E-state index in [0.717, 1.165) is 11.1 Å². The van der Waals surface area contributed by atoms with Crippen LogP contribution in [0.3, 0.4) is 0 Å². The molecule has 1 aliphatic rings. The molecule has 2 rings (SSSR count). The monoisotopic (exact) mass is 369 g/mol.